The fourth-order valence-electron chi connectivity index (χ4n) is 3.58. The van der Waals surface area contributed by atoms with Crippen LogP contribution in [0.4, 0.5) is 0 Å². The second-order valence-corrected chi connectivity index (χ2v) is 7.29. The molecule has 5 N–H and O–H groups in total. The zero-order valence-electron chi connectivity index (χ0n) is 16.1. The van der Waals surface area contributed by atoms with Crippen LogP contribution in [0.25, 0.3) is 0 Å². The van der Waals surface area contributed by atoms with Crippen LogP contribution in [0.2, 0.25) is 0 Å². The molecule has 0 saturated carbocycles. The van der Waals surface area contributed by atoms with E-state index in [4.69, 9.17) is 4.74 Å². The van der Waals surface area contributed by atoms with E-state index in [1.54, 1.807) is 0 Å². The summed E-state index contributed by atoms with van der Waals surface area (Å²) in [6, 6.07) is 14.5. The quantitative estimate of drug-likeness (QED) is 0.489. The van der Waals surface area contributed by atoms with Crippen molar-refractivity contribution in [1.29, 1.82) is 5.26 Å². The summed E-state index contributed by atoms with van der Waals surface area (Å²) in [5, 5.41) is 60.2. The third-order valence-corrected chi connectivity index (χ3v) is 5.43. The van der Waals surface area contributed by atoms with Gasteiger partial charge in [-0.25, -0.2) is 0 Å². The molecule has 1 aliphatic heterocycles. The van der Waals surface area contributed by atoms with Gasteiger partial charge in [-0.2, -0.15) is 5.26 Å². The van der Waals surface area contributed by atoms with Crippen LogP contribution in [0.1, 0.15) is 34.7 Å². The summed E-state index contributed by atoms with van der Waals surface area (Å²) >= 11 is 0. The number of aliphatic hydroxyl groups is 5. The van der Waals surface area contributed by atoms with Crippen molar-refractivity contribution in [2.24, 2.45) is 0 Å². The highest BCUT2D eigenvalue weighted by atomic mass is 16.7. The van der Waals surface area contributed by atoms with Crippen LogP contribution in [0, 0.1) is 11.3 Å². The van der Waals surface area contributed by atoms with E-state index in [0.717, 1.165) is 12.0 Å². The van der Waals surface area contributed by atoms with Crippen molar-refractivity contribution < 1.29 is 30.3 Å². The van der Waals surface area contributed by atoms with Crippen LogP contribution in [0.5, 0.6) is 0 Å². The smallest absolute Gasteiger partial charge is 0.222 e. The van der Waals surface area contributed by atoms with Crippen molar-refractivity contribution >= 4 is 0 Å². The Kier molecular flexibility index (Phi) is 6.34. The van der Waals surface area contributed by atoms with E-state index in [1.807, 2.05) is 24.3 Å². The first-order valence-electron chi connectivity index (χ1n) is 9.50. The molecule has 0 aliphatic carbocycles. The number of hydrogen-bond acceptors (Lipinski definition) is 7. The van der Waals surface area contributed by atoms with Gasteiger partial charge in [0.1, 0.15) is 24.4 Å². The molecule has 1 fully saturated rings. The number of hydrogen-bond donors (Lipinski definition) is 5. The second kappa shape index (κ2) is 8.59. The Labute approximate surface area is 169 Å². The molecule has 1 heterocycles. The Balaban J connectivity index is 1.97. The molecule has 2 aromatic rings. The van der Waals surface area contributed by atoms with Gasteiger partial charge in [0.25, 0.3) is 0 Å². The first kappa shape index (κ1) is 21.4. The van der Waals surface area contributed by atoms with Crippen molar-refractivity contribution in [2.75, 3.05) is 6.61 Å². The van der Waals surface area contributed by atoms with Crippen LogP contribution in [-0.4, -0.2) is 56.6 Å². The zero-order chi connectivity index (χ0) is 21.2. The summed E-state index contributed by atoms with van der Waals surface area (Å²) in [7, 11) is 0. The molecule has 0 spiro atoms. The average molecular weight is 399 g/mol. The molecule has 29 heavy (non-hydrogen) atoms. The Morgan fingerprint density at radius 3 is 2.28 bits per heavy atom. The average Bonchev–Trinajstić information content (AvgIpc) is 2.75. The lowest BCUT2D eigenvalue weighted by molar-refractivity contribution is -0.357. The SMILES string of the molecule is CCc1ccc(Cc2cc([C@@]3(O)O[C@H](CO)[C@@H](O)[C@H](O)[C@H]3O)ccc2C#N)cc1. The molecular formula is C22H25NO6. The molecule has 7 nitrogen and oxygen atoms in total. The number of benzene rings is 2. The number of nitriles is 1. The third-order valence-electron chi connectivity index (χ3n) is 5.43. The maximum absolute atomic E-state index is 11.0. The molecule has 1 aliphatic rings. The largest absolute Gasteiger partial charge is 0.394 e. The standard InChI is InChI=1S/C22H25NO6/c1-2-13-3-5-14(6-4-13)9-16-10-17(8-7-15(16)11-23)22(28)21(27)20(26)19(25)18(12-24)29-22/h3-8,10,18-21,24-28H,2,9,12H2,1H3/t18-,19-,20+,21-,22-/m1/s1. The summed E-state index contributed by atoms with van der Waals surface area (Å²) in [6.07, 6.45) is -5.05. The van der Waals surface area contributed by atoms with Gasteiger partial charge in [-0.3, -0.25) is 0 Å². The van der Waals surface area contributed by atoms with E-state index in [9.17, 15) is 30.8 Å². The Morgan fingerprint density at radius 1 is 1.03 bits per heavy atom. The number of aryl methyl sites for hydroxylation is 1. The molecule has 0 amide bonds. The predicted molar refractivity (Wildman–Crippen MR) is 104 cm³/mol. The molecule has 0 unspecified atom stereocenters. The highest BCUT2D eigenvalue weighted by Crippen LogP contribution is 2.37. The topological polar surface area (TPSA) is 134 Å². The number of rotatable bonds is 5. The van der Waals surface area contributed by atoms with Crippen LogP contribution < -0.4 is 0 Å². The summed E-state index contributed by atoms with van der Waals surface area (Å²) in [4.78, 5) is 0. The molecule has 0 radical (unpaired) electrons. The fraction of sp³-hybridized carbons (Fsp3) is 0.409. The van der Waals surface area contributed by atoms with E-state index in [0.29, 0.717) is 17.5 Å². The lowest BCUT2D eigenvalue weighted by Crippen LogP contribution is -2.63. The van der Waals surface area contributed by atoms with Gasteiger partial charge in [-0.1, -0.05) is 37.3 Å². The molecule has 0 bridgehead atoms. The molecule has 3 rings (SSSR count). The van der Waals surface area contributed by atoms with Gasteiger partial charge >= 0.3 is 0 Å². The molecule has 1 saturated heterocycles. The van der Waals surface area contributed by atoms with Crippen molar-refractivity contribution in [3.05, 3.63) is 70.3 Å². The Hall–Kier alpha value is -2.31. The number of ether oxygens (including phenoxy) is 1. The van der Waals surface area contributed by atoms with Crippen molar-refractivity contribution in [1.82, 2.24) is 0 Å². The van der Waals surface area contributed by atoms with Crippen LogP contribution >= 0.6 is 0 Å². The van der Waals surface area contributed by atoms with Gasteiger partial charge in [0.05, 0.1) is 18.2 Å². The molecule has 154 valence electrons. The van der Waals surface area contributed by atoms with Gasteiger partial charge < -0.3 is 30.3 Å². The first-order valence-corrected chi connectivity index (χ1v) is 9.50. The van der Waals surface area contributed by atoms with E-state index in [1.165, 1.54) is 23.8 Å². The summed E-state index contributed by atoms with van der Waals surface area (Å²) in [6.45, 7) is 1.41. The molecule has 2 aromatic carbocycles. The van der Waals surface area contributed by atoms with Gasteiger partial charge in [0.2, 0.25) is 5.79 Å². The minimum absolute atomic E-state index is 0.119. The molecular weight excluding hydrogens is 374 g/mol. The maximum Gasteiger partial charge on any atom is 0.222 e. The molecule has 0 aromatic heterocycles. The predicted octanol–water partition coefficient (Wildman–Crippen LogP) is 0.330. The summed E-state index contributed by atoms with van der Waals surface area (Å²) < 4.78 is 5.38. The summed E-state index contributed by atoms with van der Waals surface area (Å²) in [5.74, 6) is -2.35. The lowest BCUT2D eigenvalue weighted by Gasteiger charge is -2.45. The monoisotopic (exact) mass is 399 g/mol. The molecule has 5 atom stereocenters. The minimum Gasteiger partial charge on any atom is -0.394 e. The van der Waals surface area contributed by atoms with Crippen LogP contribution in [0.15, 0.2) is 42.5 Å². The van der Waals surface area contributed by atoms with Gasteiger partial charge in [-0.15, -0.1) is 0 Å². The van der Waals surface area contributed by atoms with Crippen molar-refractivity contribution in [3.63, 3.8) is 0 Å². The van der Waals surface area contributed by atoms with Gasteiger partial charge in [0.15, 0.2) is 0 Å². The van der Waals surface area contributed by atoms with Crippen molar-refractivity contribution in [3.8, 4) is 6.07 Å². The first-order chi connectivity index (χ1) is 13.8. The Bertz CT molecular complexity index is 891. The third kappa shape index (κ3) is 4.05. The highest BCUT2D eigenvalue weighted by molar-refractivity contribution is 5.44. The van der Waals surface area contributed by atoms with Crippen LogP contribution in [-0.2, 0) is 23.4 Å². The fourth-order valence-corrected chi connectivity index (χ4v) is 3.58. The summed E-state index contributed by atoms with van der Waals surface area (Å²) in [5.41, 5.74) is 3.30. The van der Waals surface area contributed by atoms with E-state index in [2.05, 4.69) is 13.0 Å². The van der Waals surface area contributed by atoms with Crippen molar-refractivity contribution in [2.45, 2.75) is 50.0 Å². The lowest BCUT2D eigenvalue weighted by atomic mass is 9.86. The van der Waals surface area contributed by atoms with E-state index >= 15 is 0 Å². The van der Waals surface area contributed by atoms with Crippen LogP contribution in [0.3, 0.4) is 0 Å². The number of nitrogens with zero attached hydrogens (tertiary/aromatic N) is 1. The highest BCUT2D eigenvalue weighted by Gasteiger charge is 2.53. The Morgan fingerprint density at radius 2 is 1.69 bits per heavy atom. The minimum atomic E-state index is -2.35. The number of aliphatic hydroxyl groups excluding tert-OH is 4. The molecule has 7 heteroatoms. The maximum atomic E-state index is 11.0. The van der Waals surface area contributed by atoms with E-state index in [-0.39, 0.29) is 5.56 Å². The van der Waals surface area contributed by atoms with Gasteiger partial charge in [0, 0.05) is 5.56 Å². The normalized spacial score (nSPS) is 29.4. The van der Waals surface area contributed by atoms with E-state index < -0.39 is 36.8 Å². The van der Waals surface area contributed by atoms with Gasteiger partial charge in [-0.05, 0) is 41.7 Å². The zero-order valence-corrected chi connectivity index (χ0v) is 16.1. The second-order valence-electron chi connectivity index (χ2n) is 7.29.